The number of fused-ring (bicyclic) bond motifs is 3. The van der Waals surface area contributed by atoms with Gasteiger partial charge in [-0.15, -0.1) is 0 Å². The third-order valence-electron chi connectivity index (χ3n) is 4.39. The van der Waals surface area contributed by atoms with Gasteiger partial charge in [0.15, 0.2) is 12.4 Å². The average Bonchev–Trinajstić information content (AvgIpc) is 2.40. The highest BCUT2D eigenvalue weighted by atomic mass is 35.5. The lowest BCUT2D eigenvalue weighted by molar-refractivity contribution is -0.935. The van der Waals surface area contributed by atoms with E-state index in [4.69, 9.17) is 11.6 Å². The first-order chi connectivity index (χ1) is 9.15. The van der Waals surface area contributed by atoms with Gasteiger partial charge in [-0.2, -0.15) is 0 Å². The highest BCUT2D eigenvalue weighted by Gasteiger charge is 2.40. The van der Waals surface area contributed by atoms with Crippen LogP contribution >= 0.6 is 11.6 Å². The van der Waals surface area contributed by atoms with Crippen LogP contribution in [0.1, 0.15) is 19.3 Å². The molecule has 4 heterocycles. The maximum absolute atomic E-state index is 12.1. The number of piperidine rings is 3. The number of nitrogens with one attached hydrogen (secondary N) is 1. The fraction of sp³-hybridized carbons (Fsp3) is 0.615. The Morgan fingerprint density at radius 1 is 1.32 bits per heavy atom. The number of hydrogen-bond donors (Lipinski definition) is 1. The highest BCUT2D eigenvalue weighted by Crippen LogP contribution is 2.33. The van der Waals surface area contributed by atoms with E-state index >= 15 is 0 Å². The number of aromatic nitrogens is 2. The molecule has 0 spiro atoms. The van der Waals surface area contributed by atoms with Crippen molar-refractivity contribution >= 4 is 23.3 Å². The van der Waals surface area contributed by atoms with Gasteiger partial charge in [-0.05, 0) is 25.2 Å². The van der Waals surface area contributed by atoms with Gasteiger partial charge in [0.2, 0.25) is 0 Å². The summed E-state index contributed by atoms with van der Waals surface area (Å²) in [7, 11) is 0. The Bertz CT molecular complexity index is 472. The summed E-state index contributed by atoms with van der Waals surface area (Å²) in [6, 6.07) is 0. The standard InChI is InChI=1S/C13H17ClN4O/c14-11-7-15-8-12(16-11)17-13(19)9-18-4-1-10(2-5-18)3-6-18/h7-8,10H,1-6,9H2/p+1. The summed E-state index contributed by atoms with van der Waals surface area (Å²) in [5, 5.41) is 3.09. The van der Waals surface area contributed by atoms with Crippen molar-refractivity contribution < 1.29 is 9.28 Å². The van der Waals surface area contributed by atoms with Gasteiger partial charge in [-0.3, -0.25) is 9.78 Å². The molecule has 1 aromatic rings. The number of halogens is 1. The van der Waals surface area contributed by atoms with E-state index < -0.39 is 0 Å². The predicted molar refractivity (Wildman–Crippen MR) is 72.7 cm³/mol. The van der Waals surface area contributed by atoms with Crippen molar-refractivity contribution in [2.24, 2.45) is 5.92 Å². The van der Waals surface area contributed by atoms with Crippen LogP contribution in [0.3, 0.4) is 0 Å². The van der Waals surface area contributed by atoms with Gasteiger partial charge in [0.1, 0.15) is 5.15 Å². The van der Waals surface area contributed by atoms with Crippen molar-refractivity contribution in [2.45, 2.75) is 19.3 Å². The Balaban J connectivity index is 1.62. The zero-order valence-corrected chi connectivity index (χ0v) is 11.6. The molecule has 0 saturated carbocycles. The molecule has 5 nitrogen and oxygen atoms in total. The van der Waals surface area contributed by atoms with Gasteiger partial charge >= 0.3 is 0 Å². The summed E-state index contributed by atoms with van der Waals surface area (Å²) < 4.78 is 0.941. The van der Waals surface area contributed by atoms with E-state index in [1.54, 1.807) is 0 Å². The van der Waals surface area contributed by atoms with Crippen LogP contribution in [0.5, 0.6) is 0 Å². The van der Waals surface area contributed by atoms with Crippen molar-refractivity contribution in [3.63, 3.8) is 0 Å². The second-order valence-corrected chi connectivity index (χ2v) is 6.07. The van der Waals surface area contributed by atoms with Gasteiger partial charge < -0.3 is 9.80 Å². The van der Waals surface area contributed by atoms with Crippen molar-refractivity contribution in [1.82, 2.24) is 9.97 Å². The van der Waals surface area contributed by atoms with E-state index in [1.807, 2.05) is 0 Å². The van der Waals surface area contributed by atoms with Gasteiger partial charge in [-0.1, -0.05) is 11.6 Å². The molecule has 3 aliphatic rings. The molecule has 4 rings (SSSR count). The fourth-order valence-electron chi connectivity index (χ4n) is 3.26. The number of hydrogen-bond acceptors (Lipinski definition) is 3. The van der Waals surface area contributed by atoms with Gasteiger partial charge in [0.25, 0.3) is 5.91 Å². The molecule has 3 fully saturated rings. The van der Waals surface area contributed by atoms with Crippen LogP contribution < -0.4 is 5.32 Å². The number of anilines is 1. The lowest BCUT2D eigenvalue weighted by Gasteiger charge is -2.48. The lowest BCUT2D eigenvalue weighted by atomic mass is 9.86. The second kappa shape index (κ2) is 5.06. The summed E-state index contributed by atoms with van der Waals surface area (Å²) in [6.07, 6.45) is 6.78. The summed E-state index contributed by atoms with van der Waals surface area (Å²) in [5.74, 6) is 1.35. The van der Waals surface area contributed by atoms with Gasteiger partial charge in [0, 0.05) is 0 Å². The lowest BCUT2D eigenvalue weighted by Crippen LogP contribution is -2.60. The minimum absolute atomic E-state index is 0.0110. The smallest absolute Gasteiger partial charge is 0.280 e. The quantitative estimate of drug-likeness (QED) is 0.858. The number of quaternary nitrogens is 1. The number of carbonyl (C=O) groups is 1. The number of amides is 1. The highest BCUT2D eigenvalue weighted by molar-refractivity contribution is 6.29. The Kier molecular flexibility index (Phi) is 3.41. The molecule has 2 bridgehead atoms. The van der Waals surface area contributed by atoms with Crippen molar-refractivity contribution in [2.75, 3.05) is 31.5 Å². The molecule has 19 heavy (non-hydrogen) atoms. The molecule has 0 aromatic carbocycles. The molecule has 3 aliphatic heterocycles. The fourth-order valence-corrected chi connectivity index (χ4v) is 3.41. The average molecular weight is 282 g/mol. The van der Waals surface area contributed by atoms with Crippen LogP contribution in [0.2, 0.25) is 5.15 Å². The van der Waals surface area contributed by atoms with E-state index in [1.165, 1.54) is 31.7 Å². The molecule has 1 N–H and O–H groups in total. The van der Waals surface area contributed by atoms with Crippen molar-refractivity contribution in [3.05, 3.63) is 17.5 Å². The summed E-state index contributed by atoms with van der Waals surface area (Å²) in [4.78, 5) is 20.1. The van der Waals surface area contributed by atoms with Gasteiger partial charge in [0.05, 0.1) is 32.0 Å². The van der Waals surface area contributed by atoms with Crippen molar-refractivity contribution in [1.29, 1.82) is 0 Å². The minimum atomic E-state index is 0.0110. The molecule has 3 saturated heterocycles. The topological polar surface area (TPSA) is 54.9 Å². The summed E-state index contributed by atoms with van der Waals surface area (Å²) in [5.41, 5.74) is 0. The Labute approximate surface area is 117 Å². The molecule has 1 aromatic heterocycles. The van der Waals surface area contributed by atoms with E-state index in [9.17, 15) is 4.79 Å². The first-order valence-corrected chi connectivity index (χ1v) is 7.16. The molecular formula is C13H18ClN4O+. The third-order valence-corrected chi connectivity index (χ3v) is 4.57. The van der Waals surface area contributed by atoms with E-state index in [-0.39, 0.29) is 5.91 Å². The van der Waals surface area contributed by atoms with Crippen LogP contribution in [-0.2, 0) is 4.79 Å². The van der Waals surface area contributed by atoms with Crippen LogP contribution in [0.4, 0.5) is 5.82 Å². The van der Waals surface area contributed by atoms with E-state index in [2.05, 4.69) is 15.3 Å². The van der Waals surface area contributed by atoms with Crippen LogP contribution in [0.15, 0.2) is 12.4 Å². The molecule has 0 unspecified atom stereocenters. The largest absolute Gasteiger partial charge is 0.316 e. The maximum Gasteiger partial charge on any atom is 0.280 e. The van der Waals surface area contributed by atoms with E-state index in [0.29, 0.717) is 17.5 Å². The Morgan fingerprint density at radius 2 is 2.00 bits per heavy atom. The SMILES string of the molecule is O=C(C[N+]12CCC(CC1)CC2)Nc1cncc(Cl)n1. The normalized spacial score (nSPS) is 29.2. The van der Waals surface area contributed by atoms with Crippen molar-refractivity contribution in [3.8, 4) is 0 Å². The molecule has 6 heteroatoms. The second-order valence-electron chi connectivity index (χ2n) is 5.68. The Morgan fingerprint density at radius 3 is 2.63 bits per heavy atom. The van der Waals surface area contributed by atoms with Gasteiger partial charge in [-0.25, -0.2) is 4.98 Å². The zero-order valence-electron chi connectivity index (χ0n) is 10.8. The first-order valence-electron chi connectivity index (χ1n) is 6.78. The molecular weight excluding hydrogens is 264 g/mol. The minimum Gasteiger partial charge on any atom is -0.316 e. The molecule has 102 valence electrons. The van der Waals surface area contributed by atoms with E-state index in [0.717, 1.165) is 30.0 Å². The summed E-state index contributed by atoms with van der Waals surface area (Å²) >= 11 is 5.75. The zero-order chi connectivity index (χ0) is 13.3. The predicted octanol–water partition coefficient (Wildman–Crippen LogP) is 1.70. The molecule has 0 atom stereocenters. The van der Waals surface area contributed by atoms with Crippen LogP contribution in [-0.4, -0.2) is 46.5 Å². The monoisotopic (exact) mass is 281 g/mol. The first kappa shape index (κ1) is 12.8. The van der Waals surface area contributed by atoms with Crippen LogP contribution in [0, 0.1) is 5.92 Å². The molecule has 0 radical (unpaired) electrons. The number of carbonyl (C=O) groups excluding carboxylic acids is 1. The number of nitrogens with zero attached hydrogens (tertiary/aromatic N) is 3. The molecule has 1 amide bonds. The summed E-state index contributed by atoms with van der Waals surface area (Å²) in [6.45, 7) is 3.96. The number of rotatable bonds is 3. The van der Waals surface area contributed by atoms with Crippen LogP contribution in [0.25, 0.3) is 0 Å². The maximum atomic E-state index is 12.1. The Hall–Kier alpha value is -1.20. The third kappa shape index (κ3) is 2.87. The molecule has 0 aliphatic carbocycles.